The first-order valence-electron chi connectivity index (χ1n) is 4.61. The van der Waals surface area contributed by atoms with Crippen LogP contribution >= 0.6 is 0 Å². The second-order valence-electron chi connectivity index (χ2n) is 3.14. The topological polar surface area (TPSA) is 92.5 Å². The number of nitrogens with one attached hydrogen (secondary N) is 1. The van der Waals surface area contributed by atoms with Crippen LogP contribution in [-0.4, -0.2) is 41.8 Å². The maximum atomic E-state index is 11.4. The van der Waals surface area contributed by atoms with Crippen LogP contribution in [0.3, 0.4) is 0 Å². The van der Waals surface area contributed by atoms with Crippen molar-refractivity contribution in [3.63, 3.8) is 0 Å². The van der Waals surface area contributed by atoms with E-state index in [0.29, 0.717) is 13.1 Å². The van der Waals surface area contributed by atoms with Gasteiger partial charge in [-0.15, -0.1) is 0 Å². The zero-order valence-electron chi connectivity index (χ0n) is 8.40. The number of nitrogens with two attached hydrogens (primary N) is 1. The summed E-state index contributed by atoms with van der Waals surface area (Å²) < 4.78 is 0. The van der Waals surface area contributed by atoms with Crippen molar-refractivity contribution in [3.05, 3.63) is 12.2 Å². The molecule has 0 fully saturated rings. The molecule has 0 saturated carbocycles. The molecule has 82 valence electrons. The summed E-state index contributed by atoms with van der Waals surface area (Å²) in [6, 6.07) is -0.799. The standard InChI is InChI=1S/C9H13N3O3/c1-6(9(15)11-5-4-10)12-7(13)2-3-8(12)14/h2-3,6H,4-5,10H2,1H3,(H,11,15)/t6-/m1/s1. The number of hydrogen-bond donors (Lipinski definition) is 2. The molecule has 1 atom stereocenters. The van der Waals surface area contributed by atoms with E-state index in [-0.39, 0.29) is 5.91 Å². The smallest absolute Gasteiger partial charge is 0.254 e. The quantitative estimate of drug-likeness (QED) is 0.546. The molecule has 6 heteroatoms. The fraction of sp³-hybridized carbons (Fsp3) is 0.444. The van der Waals surface area contributed by atoms with Crippen molar-refractivity contribution in [3.8, 4) is 0 Å². The molecular weight excluding hydrogens is 198 g/mol. The predicted molar refractivity (Wildman–Crippen MR) is 52.5 cm³/mol. The van der Waals surface area contributed by atoms with Gasteiger partial charge in [0.15, 0.2) is 0 Å². The number of imide groups is 1. The van der Waals surface area contributed by atoms with Crippen LogP contribution in [0.2, 0.25) is 0 Å². The molecule has 1 rings (SSSR count). The molecule has 1 aliphatic heterocycles. The molecule has 0 radical (unpaired) electrons. The highest BCUT2D eigenvalue weighted by atomic mass is 16.2. The summed E-state index contributed by atoms with van der Waals surface area (Å²) in [5.74, 6) is -1.31. The first-order chi connectivity index (χ1) is 7.07. The van der Waals surface area contributed by atoms with Crippen LogP contribution in [0.5, 0.6) is 0 Å². The van der Waals surface area contributed by atoms with Gasteiger partial charge in [0.25, 0.3) is 11.8 Å². The molecule has 6 nitrogen and oxygen atoms in total. The molecule has 3 amide bonds. The van der Waals surface area contributed by atoms with Gasteiger partial charge in [-0.05, 0) is 6.92 Å². The van der Waals surface area contributed by atoms with E-state index in [4.69, 9.17) is 5.73 Å². The van der Waals surface area contributed by atoms with Gasteiger partial charge in [0.05, 0.1) is 0 Å². The van der Waals surface area contributed by atoms with Crippen LogP contribution in [0.15, 0.2) is 12.2 Å². The minimum Gasteiger partial charge on any atom is -0.353 e. The van der Waals surface area contributed by atoms with E-state index in [1.165, 1.54) is 6.92 Å². The lowest BCUT2D eigenvalue weighted by molar-refractivity contribution is -0.144. The molecule has 0 aromatic carbocycles. The van der Waals surface area contributed by atoms with Crippen molar-refractivity contribution in [2.75, 3.05) is 13.1 Å². The van der Waals surface area contributed by atoms with Crippen molar-refractivity contribution in [1.29, 1.82) is 0 Å². The number of amides is 3. The van der Waals surface area contributed by atoms with Crippen molar-refractivity contribution in [2.45, 2.75) is 13.0 Å². The monoisotopic (exact) mass is 211 g/mol. The Bertz CT molecular complexity index is 307. The summed E-state index contributed by atoms with van der Waals surface area (Å²) in [6.45, 7) is 2.14. The maximum absolute atomic E-state index is 11.4. The average Bonchev–Trinajstić information content (AvgIpc) is 2.54. The normalized spacial score (nSPS) is 17.1. The van der Waals surface area contributed by atoms with Gasteiger partial charge in [-0.25, -0.2) is 0 Å². The summed E-state index contributed by atoms with van der Waals surface area (Å²) in [7, 11) is 0. The number of carbonyl (C=O) groups is 3. The third-order valence-corrected chi connectivity index (χ3v) is 2.05. The van der Waals surface area contributed by atoms with Crippen molar-refractivity contribution in [1.82, 2.24) is 10.2 Å². The van der Waals surface area contributed by atoms with E-state index < -0.39 is 17.9 Å². The zero-order chi connectivity index (χ0) is 11.4. The molecule has 0 unspecified atom stereocenters. The van der Waals surface area contributed by atoms with Crippen LogP contribution in [0.25, 0.3) is 0 Å². The Labute approximate surface area is 87.1 Å². The highest BCUT2D eigenvalue weighted by molar-refractivity contribution is 6.15. The zero-order valence-corrected chi connectivity index (χ0v) is 8.40. The predicted octanol–water partition coefficient (Wildman–Crippen LogP) is -1.63. The average molecular weight is 211 g/mol. The van der Waals surface area contributed by atoms with E-state index in [2.05, 4.69) is 5.32 Å². The first-order valence-corrected chi connectivity index (χ1v) is 4.61. The Balaban J connectivity index is 2.60. The Morgan fingerprint density at radius 3 is 2.47 bits per heavy atom. The third kappa shape index (κ3) is 2.41. The maximum Gasteiger partial charge on any atom is 0.254 e. The Morgan fingerprint density at radius 2 is 2.00 bits per heavy atom. The van der Waals surface area contributed by atoms with E-state index >= 15 is 0 Å². The Morgan fingerprint density at radius 1 is 1.47 bits per heavy atom. The van der Waals surface area contributed by atoms with Gasteiger partial charge in [-0.3, -0.25) is 19.3 Å². The van der Waals surface area contributed by atoms with Crippen molar-refractivity contribution >= 4 is 17.7 Å². The lowest BCUT2D eigenvalue weighted by Crippen LogP contribution is -2.48. The molecule has 0 saturated heterocycles. The number of hydrogen-bond acceptors (Lipinski definition) is 4. The largest absolute Gasteiger partial charge is 0.353 e. The molecular formula is C9H13N3O3. The summed E-state index contributed by atoms with van der Waals surface area (Å²) in [5.41, 5.74) is 5.21. The van der Waals surface area contributed by atoms with E-state index in [9.17, 15) is 14.4 Å². The SMILES string of the molecule is C[C@H](C(=O)NCCN)N1C(=O)C=CC1=O. The van der Waals surface area contributed by atoms with E-state index in [1.807, 2.05) is 0 Å². The molecule has 1 aliphatic rings. The molecule has 0 spiro atoms. The summed E-state index contributed by atoms with van der Waals surface area (Å²) in [5, 5.41) is 2.51. The second kappa shape index (κ2) is 4.70. The van der Waals surface area contributed by atoms with Crippen LogP contribution < -0.4 is 11.1 Å². The molecule has 3 N–H and O–H groups in total. The highest BCUT2D eigenvalue weighted by Gasteiger charge is 2.32. The van der Waals surface area contributed by atoms with E-state index in [0.717, 1.165) is 17.1 Å². The molecule has 0 aliphatic carbocycles. The van der Waals surface area contributed by atoms with Gasteiger partial charge in [0.2, 0.25) is 5.91 Å². The van der Waals surface area contributed by atoms with Gasteiger partial charge >= 0.3 is 0 Å². The minimum absolute atomic E-state index is 0.318. The van der Waals surface area contributed by atoms with E-state index in [1.54, 1.807) is 0 Å². The van der Waals surface area contributed by atoms with Gasteiger partial charge in [-0.2, -0.15) is 0 Å². The second-order valence-corrected chi connectivity index (χ2v) is 3.14. The minimum atomic E-state index is -0.799. The first kappa shape index (κ1) is 11.4. The number of rotatable bonds is 4. The lowest BCUT2D eigenvalue weighted by atomic mass is 10.2. The summed E-state index contributed by atoms with van der Waals surface area (Å²) >= 11 is 0. The number of nitrogens with zero attached hydrogens (tertiary/aromatic N) is 1. The molecule has 0 aromatic heterocycles. The summed E-state index contributed by atoms with van der Waals surface area (Å²) in [4.78, 5) is 34.8. The van der Waals surface area contributed by atoms with Crippen LogP contribution in [0.4, 0.5) is 0 Å². The van der Waals surface area contributed by atoms with Gasteiger partial charge < -0.3 is 11.1 Å². The summed E-state index contributed by atoms with van der Waals surface area (Å²) in [6.07, 6.45) is 2.30. The van der Waals surface area contributed by atoms with Crippen LogP contribution in [0.1, 0.15) is 6.92 Å². The number of carbonyl (C=O) groups excluding carboxylic acids is 3. The Hall–Kier alpha value is -1.69. The molecule has 15 heavy (non-hydrogen) atoms. The third-order valence-electron chi connectivity index (χ3n) is 2.05. The van der Waals surface area contributed by atoms with Crippen LogP contribution in [0, 0.1) is 0 Å². The van der Waals surface area contributed by atoms with Gasteiger partial charge in [0, 0.05) is 25.2 Å². The fourth-order valence-corrected chi connectivity index (χ4v) is 1.25. The lowest BCUT2D eigenvalue weighted by Gasteiger charge is -2.21. The van der Waals surface area contributed by atoms with Crippen molar-refractivity contribution < 1.29 is 14.4 Å². The fourth-order valence-electron chi connectivity index (χ4n) is 1.25. The van der Waals surface area contributed by atoms with Crippen LogP contribution in [-0.2, 0) is 14.4 Å². The molecule has 1 heterocycles. The highest BCUT2D eigenvalue weighted by Crippen LogP contribution is 2.08. The van der Waals surface area contributed by atoms with Crippen molar-refractivity contribution in [2.24, 2.45) is 5.73 Å². The molecule has 0 bridgehead atoms. The van der Waals surface area contributed by atoms with Gasteiger partial charge in [-0.1, -0.05) is 0 Å². The molecule has 0 aromatic rings. The van der Waals surface area contributed by atoms with Gasteiger partial charge in [0.1, 0.15) is 6.04 Å². The Kier molecular flexibility index (Phi) is 3.56.